The summed E-state index contributed by atoms with van der Waals surface area (Å²) in [7, 11) is -4.04. The molecular weight excluding hydrogens is 400 g/mol. The highest BCUT2D eigenvalue weighted by Crippen LogP contribution is 2.42. The van der Waals surface area contributed by atoms with Crippen LogP contribution >= 0.6 is 11.6 Å². The second kappa shape index (κ2) is 6.40. The molecule has 1 aliphatic rings. The molecule has 0 unspecified atom stereocenters. The Kier molecular flexibility index (Phi) is 4.62. The van der Waals surface area contributed by atoms with Crippen molar-refractivity contribution < 1.29 is 26.7 Å². The number of hydrogen-bond donors (Lipinski definition) is 1. The Bertz CT molecular complexity index is 1090. The number of ketones is 1. The van der Waals surface area contributed by atoms with E-state index in [2.05, 4.69) is 0 Å². The summed E-state index contributed by atoms with van der Waals surface area (Å²) in [6.07, 6.45) is 0. The third-order valence-corrected chi connectivity index (χ3v) is 5.40. The lowest BCUT2D eigenvalue weighted by Gasteiger charge is -2.18. The van der Waals surface area contributed by atoms with Gasteiger partial charge in [-0.1, -0.05) is 11.6 Å². The van der Waals surface area contributed by atoms with Gasteiger partial charge in [-0.2, -0.15) is 0 Å². The van der Waals surface area contributed by atoms with Crippen molar-refractivity contribution in [1.82, 2.24) is 0 Å². The predicted octanol–water partition coefficient (Wildman–Crippen LogP) is 3.51. The molecule has 0 aliphatic carbocycles. The van der Waals surface area contributed by atoms with Crippen LogP contribution in [0.15, 0.2) is 41.3 Å². The Morgan fingerprint density at radius 1 is 1.04 bits per heavy atom. The summed E-state index contributed by atoms with van der Waals surface area (Å²) in [4.78, 5) is 12.5. The van der Waals surface area contributed by atoms with Gasteiger partial charge >= 0.3 is 0 Å². The van der Waals surface area contributed by atoms with Gasteiger partial charge in [-0.05, 0) is 49.7 Å². The first-order chi connectivity index (χ1) is 12.4. The number of hydrogen-bond acceptors (Lipinski definition) is 4. The lowest BCUT2D eigenvalue weighted by atomic mass is 9.92. The predicted molar refractivity (Wildman–Crippen MR) is 96.2 cm³/mol. The molecule has 2 aromatic rings. The topological polar surface area (TPSA) is 86.5 Å². The summed E-state index contributed by atoms with van der Waals surface area (Å²) in [6, 6.07) is 6.50. The molecular formula is C18H14ClF2NO4S. The zero-order valence-electron chi connectivity index (χ0n) is 14.2. The molecule has 5 nitrogen and oxygen atoms in total. The minimum atomic E-state index is -4.04. The molecule has 0 fully saturated rings. The van der Waals surface area contributed by atoms with Crippen LogP contribution in [0.2, 0.25) is 5.02 Å². The molecule has 0 bridgehead atoms. The standard InChI is InChI=1S/C18H14ClF2NO4S/c1-18(2)17(23)15(10-5-11(20)8-12(21)6-10)16(26-18)9-3-4-14(13(19)7-9)27(22,24)25/h3-8H,1-2H3,(H2,22,24,25). The maximum absolute atomic E-state index is 13.7. The van der Waals surface area contributed by atoms with Crippen LogP contribution in [0.5, 0.6) is 0 Å². The van der Waals surface area contributed by atoms with E-state index in [9.17, 15) is 22.0 Å². The molecule has 27 heavy (non-hydrogen) atoms. The Labute approximate surface area is 159 Å². The van der Waals surface area contributed by atoms with E-state index >= 15 is 0 Å². The van der Waals surface area contributed by atoms with Crippen LogP contribution in [0.4, 0.5) is 8.78 Å². The molecule has 0 amide bonds. The molecule has 2 aromatic carbocycles. The first kappa shape index (κ1) is 19.5. The van der Waals surface area contributed by atoms with Gasteiger partial charge in [0.15, 0.2) is 5.60 Å². The number of Topliss-reactive ketones (excluding diaryl/α,β-unsaturated/α-hetero) is 1. The van der Waals surface area contributed by atoms with Crippen LogP contribution < -0.4 is 5.14 Å². The number of primary sulfonamides is 1. The van der Waals surface area contributed by atoms with Crippen molar-refractivity contribution in [2.75, 3.05) is 0 Å². The summed E-state index contributed by atoms with van der Waals surface area (Å²) in [5.41, 5.74) is -1.04. The van der Waals surface area contributed by atoms with Gasteiger partial charge in [0.25, 0.3) is 0 Å². The molecule has 142 valence electrons. The van der Waals surface area contributed by atoms with Crippen molar-refractivity contribution in [1.29, 1.82) is 0 Å². The highest BCUT2D eigenvalue weighted by atomic mass is 35.5. The van der Waals surface area contributed by atoms with E-state index in [1.807, 2.05) is 0 Å². The van der Waals surface area contributed by atoms with Gasteiger partial charge in [0.1, 0.15) is 22.3 Å². The molecule has 2 N–H and O–H groups in total. The third kappa shape index (κ3) is 3.60. The van der Waals surface area contributed by atoms with Crippen LogP contribution in [0.1, 0.15) is 25.0 Å². The van der Waals surface area contributed by atoms with E-state index in [1.54, 1.807) is 0 Å². The molecule has 9 heteroatoms. The lowest BCUT2D eigenvalue weighted by Crippen LogP contribution is -2.29. The second-order valence-electron chi connectivity index (χ2n) is 6.49. The van der Waals surface area contributed by atoms with Gasteiger partial charge < -0.3 is 4.74 Å². The molecule has 0 radical (unpaired) electrons. The fourth-order valence-corrected chi connectivity index (χ4v) is 3.88. The third-order valence-electron chi connectivity index (χ3n) is 4.01. The van der Waals surface area contributed by atoms with Crippen molar-refractivity contribution >= 4 is 38.7 Å². The summed E-state index contributed by atoms with van der Waals surface area (Å²) < 4.78 is 56.1. The SMILES string of the molecule is CC1(C)OC(c2ccc(S(N)(=O)=O)c(Cl)c2)=C(c2cc(F)cc(F)c2)C1=O. The Morgan fingerprint density at radius 3 is 2.15 bits per heavy atom. The van der Waals surface area contributed by atoms with E-state index in [4.69, 9.17) is 21.5 Å². The summed E-state index contributed by atoms with van der Waals surface area (Å²) in [6.45, 7) is 3.02. The summed E-state index contributed by atoms with van der Waals surface area (Å²) >= 11 is 6.00. The number of carbonyl (C=O) groups is 1. The minimum absolute atomic E-state index is 0.00437. The first-order valence-corrected chi connectivity index (χ1v) is 9.60. The smallest absolute Gasteiger partial charge is 0.239 e. The van der Waals surface area contributed by atoms with Gasteiger partial charge in [0.2, 0.25) is 15.8 Å². The van der Waals surface area contributed by atoms with Crippen LogP contribution in [0, 0.1) is 11.6 Å². The maximum Gasteiger partial charge on any atom is 0.239 e. The fraction of sp³-hybridized carbons (Fsp3) is 0.167. The number of carbonyl (C=O) groups excluding carboxylic acids is 1. The van der Waals surface area contributed by atoms with Crippen LogP contribution in [-0.2, 0) is 19.6 Å². The van der Waals surface area contributed by atoms with Gasteiger partial charge in [-0.15, -0.1) is 0 Å². The monoisotopic (exact) mass is 413 g/mol. The zero-order chi connectivity index (χ0) is 20.1. The molecule has 0 saturated carbocycles. The molecule has 1 heterocycles. The Hall–Kier alpha value is -2.29. The van der Waals surface area contributed by atoms with Crippen LogP contribution in [-0.4, -0.2) is 19.8 Å². The molecule has 3 rings (SSSR count). The van der Waals surface area contributed by atoms with E-state index in [0.29, 0.717) is 6.07 Å². The molecule has 0 aromatic heterocycles. The van der Waals surface area contributed by atoms with E-state index in [1.165, 1.54) is 32.0 Å². The number of sulfonamides is 1. The molecule has 0 saturated heterocycles. The van der Waals surface area contributed by atoms with Crippen molar-refractivity contribution in [2.24, 2.45) is 5.14 Å². The molecule has 1 aliphatic heterocycles. The molecule has 0 spiro atoms. The van der Waals surface area contributed by atoms with Gasteiger partial charge in [-0.3, -0.25) is 4.79 Å². The number of halogens is 3. The Morgan fingerprint density at radius 2 is 1.63 bits per heavy atom. The normalized spacial score (nSPS) is 16.6. The van der Waals surface area contributed by atoms with Crippen LogP contribution in [0.3, 0.4) is 0 Å². The van der Waals surface area contributed by atoms with Gasteiger partial charge in [0.05, 0.1) is 10.6 Å². The number of nitrogens with two attached hydrogens (primary N) is 1. The second-order valence-corrected chi connectivity index (χ2v) is 8.43. The zero-order valence-corrected chi connectivity index (χ0v) is 15.8. The van der Waals surface area contributed by atoms with Gasteiger partial charge in [0, 0.05) is 11.6 Å². The van der Waals surface area contributed by atoms with Gasteiger partial charge in [-0.25, -0.2) is 22.3 Å². The summed E-state index contributed by atoms with van der Waals surface area (Å²) in [5, 5.41) is 4.91. The first-order valence-electron chi connectivity index (χ1n) is 7.67. The number of benzene rings is 2. The largest absolute Gasteiger partial charge is 0.478 e. The maximum atomic E-state index is 13.7. The number of rotatable bonds is 3. The lowest BCUT2D eigenvalue weighted by molar-refractivity contribution is -0.125. The fourth-order valence-electron chi connectivity index (χ4n) is 2.79. The average Bonchev–Trinajstić information content (AvgIpc) is 2.75. The Balaban J connectivity index is 2.25. The highest BCUT2D eigenvalue weighted by Gasteiger charge is 2.43. The molecule has 0 atom stereocenters. The number of ether oxygens (including phenoxy) is 1. The average molecular weight is 414 g/mol. The van der Waals surface area contributed by atoms with Crippen molar-refractivity contribution in [2.45, 2.75) is 24.3 Å². The van der Waals surface area contributed by atoms with E-state index < -0.39 is 33.0 Å². The minimum Gasteiger partial charge on any atom is -0.478 e. The summed E-state index contributed by atoms with van der Waals surface area (Å²) in [5.74, 6) is -2.14. The van der Waals surface area contributed by atoms with Crippen molar-refractivity contribution in [3.63, 3.8) is 0 Å². The van der Waals surface area contributed by atoms with E-state index in [0.717, 1.165) is 12.1 Å². The quantitative estimate of drug-likeness (QED) is 0.834. The van der Waals surface area contributed by atoms with Crippen LogP contribution in [0.25, 0.3) is 11.3 Å². The highest BCUT2D eigenvalue weighted by molar-refractivity contribution is 7.89. The van der Waals surface area contributed by atoms with Crippen molar-refractivity contribution in [3.05, 3.63) is 64.2 Å². The van der Waals surface area contributed by atoms with Crippen molar-refractivity contribution in [3.8, 4) is 0 Å². The van der Waals surface area contributed by atoms with E-state index in [-0.39, 0.29) is 32.4 Å².